The van der Waals surface area contributed by atoms with Gasteiger partial charge in [0.25, 0.3) is 0 Å². The van der Waals surface area contributed by atoms with Crippen molar-refractivity contribution in [1.29, 1.82) is 0 Å². The van der Waals surface area contributed by atoms with Crippen LogP contribution in [0.4, 0.5) is 0 Å². The van der Waals surface area contributed by atoms with Crippen molar-refractivity contribution in [1.82, 2.24) is 0 Å². The Labute approximate surface area is 124 Å². The minimum Gasteiger partial charge on any atom is -0.481 e. The predicted octanol–water partition coefficient (Wildman–Crippen LogP) is 3.64. The van der Waals surface area contributed by atoms with Gasteiger partial charge in [0.05, 0.1) is 6.42 Å². The molecular weight excluding hydrogens is 264 g/mol. The SMILES string of the molecule is CC(C=Cc1ccccc1)=C1C(=O)C=CCC1CC(=O)O. The molecule has 0 radical (unpaired) electrons. The molecule has 1 atom stereocenters. The van der Waals surface area contributed by atoms with E-state index < -0.39 is 5.97 Å². The zero-order chi connectivity index (χ0) is 15.2. The lowest BCUT2D eigenvalue weighted by Crippen LogP contribution is -2.19. The maximum atomic E-state index is 12.1. The minimum absolute atomic E-state index is 0.0120. The standard InChI is InChI=1S/C18H18O3/c1-13(10-11-14-6-3-2-4-7-14)18-15(12-17(20)21)8-5-9-16(18)19/h2-7,9-11,15H,8,12H2,1H3,(H,20,21). The van der Waals surface area contributed by atoms with E-state index in [0.29, 0.717) is 12.0 Å². The van der Waals surface area contributed by atoms with E-state index >= 15 is 0 Å². The van der Waals surface area contributed by atoms with Crippen LogP contribution in [0.25, 0.3) is 6.08 Å². The smallest absolute Gasteiger partial charge is 0.303 e. The largest absolute Gasteiger partial charge is 0.481 e. The molecule has 3 nitrogen and oxygen atoms in total. The molecule has 1 aromatic rings. The molecule has 1 aromatic carbocycles. The third-order valence-corrected chi connectivity index (χ3v) is 3.53. The van der Waals surface area contributed by atoms with Crippen molar-refractivity contribution in [3.63, 3.8) is 0 Å². The van der Waals surface area contributed by atoms with E-state index in [-0.39, 0.29) is 18.1 Å². The van der Waals surface area contributed by atoms with E-state index in [0.717, 1.165) is 11.1 Å². The summed E-state index contributed by atoms with van der Waals surface area (Å²) in [6.07, 6.45) is 7.70. The van der Waals surface area contributed by atoms with Crippen molar-refractivity contribution in [2.24, 2.45) is 5.92 Å². The molecule has 1 aliphatic carbocycles. The van der Waals surface area contributed by atoms with Crippen LogP contribution in [-0.4, -0.2) is 16.9 Å². The number of rotatable bonds is 4. The van der Waals surface area contributed by atoms with E-state index in [2.05, 4.69) is 0 Å². The second-order valence-corrected chi connectivity index (χ2v) is 5.14. The molecule has 0 amide bonds. The number of benzene rings is 1. The maximum absolute atomic E-state index is 12.1. The Bertz CT molecular complexity index is 621. The second kappa shape index (κ2) is 6.84. The average Bonchev–Trinajstić information content (AvgIpc) is 2.45. The number of carboxylic acids is 1. The van der Waals surface area contributed by atoms with Gasteiger partial charge >= 0.3 is 5.97 Å². The van der Waals surface area contributed by atoms with Crippen LogP contribution in [0.3, 0.4) is 0 Å². The van der Waals surface area contributed by atoms with Gasteiger partial charge in [-0.25, -0.2) is 0 Å². The lowest BCUT2D eigenvalue weighted by atomic mass is 9.82. The fraction of sp³-hybridized carbons (Fsp3) is 0.222. The van der Waals surface area contributed by atoms with Crippen LogP contribution in [-0.2, 0) is 9.59 Å². The van der Waals surface area contributed by atoms with E-state index in [4.69, 9.17) is 5.11 Å². The lowest BCUT2D eigenvalue weighted by Gasteiger charge is -2.20. The normalized spacial score (nSPS) is 20.8. The number of hydrogen-bond acceptors (Lipinski definition) is 2. The summed E-state index contributed by atoms with van der Waals surface area (Å²) in [5.74, 6) is -1.19. The van der Waals surface area contributed by atoms with Crippen molar-refractivity contribution in [2.45, 2.75) is 19.8 Å². The van der Waals surface area contributed by atoms with Gasteiger partial charge in [-0.05, 0) is 30.6 Å². The molecule has 0 fully saturated rings. The third-order valence-electron chi connectivity index (χ3n) is 3.53. The molecule has 0 heterocycles. The Morgan fingerprint density at radius 2 is 2.05 bits per heavy atom. The number of aliphatic carboxylic acids is 1. The fourth-order valence-corrected chi connectivity index (χ4v) is 2.54. The van der Waals surface area contributed by atoms with E-state index in [9.17, 15) is 9.59 Å². The number of carboxylic acid groups (broad SMARTS) is 1. The van der Waals surface area contributed by atoms with Crippen LogP contribution < -0.4 is 0 Å². The Morgan fingerprint density at radius 1 is 1.33 bits per heavy atom. The van der Waals surface area contributed by atoms with Crippen LogP contribution in [0.15, 0.2) is 59.7 Å². The molecule has 3 heteroatoms. The van der Waals surface area contributed by atoms with E-state index in [1.54, 1.807) is 6.08 Å². The van der Waals surface area contributed by atoms with Gasteiger partial charge in [-0.2, -0.15) is 0 Å². The van der Waals surface area contributed by atoms with Crippen LogP contribution in [0.5, 0.6) is 0 Å². The monoisotopic (exact) mass is 282 g/mol. The molecule has 0 spiro atoms. The van der Waals surface area contributed by atoms with Crippen molar-refractivity contribution in [3.05, 3.63) is 65.3 Å². The highest BCUT2D eigenvalue weighted by Crippen LogP contribution is 2.28. The summed E-state index contributed by atoms with van der Waals surface area (Å²) < 4.78 is 0. The van der Waals surface area contributed by atoms with Gasteiger partial charge in [-0.1, -0.05) is 48.6 Å². The van der Waals surface area contributed by atoms with Crippen LogP contribution in [0.2, 0.25) is 0 Å². The molecular formula is C18H18O3. The van der Waals surface area contributed by atoms with E-state index in [1.807, 2.05) is 49.4 Å². The Kier molecular flexibility index (Phi) is 4.88. The number of ketones is 1. The third kappa shape index (κ3) is 4.02. The van der Waals surface area contributed by atoms with Crippen molar-refractivity contribution < 1.29 is 14.7 Å². The summed E-state index contributed by atoms with van der Waals surface area (Å²) in [5, 5.41) is 8.98. The lowest BCUT2D eigenvalue weighted by molar-refractivity contribution is -0.137. The highest BCUT2D eigenvalue weighted by molar-refractivity contribution is 6.06. The maximum Gasteiger partial charge on any atom is 0.303 e. The summed E-state index contributed by atoms with van der Waals surface area (Å²) in [7, 11) is 0. The molecule has 0 saturated carbocycles. The zero-order valence-corrected chi connectivity index (χ0v) is 12.0. The summed E-state index contributed by atoms with van der Waals surface area (Å²) in [6.45, 7) is 1.86. The molecule has 0 aromatic heterocycles. The molecule has 0 bridgehead atoms. The molecule has 108 valence electrons. The Hall–Kier alpha value is -2.42. The van der Waals surface area contributed by atoms with Gasteiger partial charge in [0.15, 0.2) is 5.78 Å². The van der Waals surface area contributed by atoms with Crippen LogP contribution in [0, 0.1) is 5.92 Å². The second-order valence-electron chi connectivity index (χ2n) is 5.14. The predicted molar refractivity (Wildman–Crippen MR) is 82.7 cm³/mol. The first-order chi connectivity index (χ1) is 10.1. The van der Waals surface area contributed by atoms with Gasteiger partial charge < -0.3 is 5.11 Å². The number of hydrogen-bond donors (Lipinski definition) is 1. The summed E-state index contributed by atoms with van der Waals surface area (Å²) >= 11 is 0. The minimum atomic E-state index is -0.875. The molecule has 1 unspecified atom stereocenters. The van der Waals surface area contributed by atoms with Crippen molar-refractivity contribution in [3.8, 4) is 0 Å². The van der Waals surface area contributed by atoms with Gasteiger partial charge in [0, 0.05) is 11.5 Å². The molecule has 2 rings (SSSR count). The van der Waals surface area contributed by atoms with Gasteiger partial charge in [-0.3, -0.25) is 9.59 Å². The average molecular weight is 282 g/mol. The number of carbonyl (C=O) groups excluding carboxylic acids is 1. The first-order valence-corrected chi connectivity index (χ1v) is 6.94. The van der Waals surface area contributed by atoms with E-state index in [1.165, 1.54) is 6.08 Å². The molecule has 0 aliphatic heterocycles. The number of carbonyl (C=O) groups is 2. The summed E-state index contributed by atoms with van der Waals surface area (Å²) in [5.41, 5.74) is 2.50. The zero-order valence-electron chi connectivity index (χ0n) is 12.0. The molecule has 1 aliphatic rings. The highest BCUT2D eigenvalue weighted by Gasteiger charge is 2.25. The van der Waals surface area contributed by atoms with Crippen LogP contribution in [0.1, 0.15) is 25.3 Å². The van der Waals surface area contributed by atoms with Crippen molar-refractivity contribution in [2.75, 3.05) is 0 Å². The summed E-state index contributed by atoms with van der Waals surface area (Å²) in [4.78, 5) is 23.0. The van der Waals surface area contributed by atoms with Crippen molar-refractivity contribution >= 4 is 17.8 Å². The van der Waals surface area contributed by atoms with Gasteiger partial charge in [-0.15, -0.1) is 0 Å². The highest BCUT2D eigenvalue weighted by atomic mass is 16.4. The topological polar surface area (TPSA) is 54.4 Å². The molecule has 0 saturated heterocycles. The Morgan fingerprint density at radius 3 is 2.71 bits per heavy atom. The Balaban J connectivity index is 2.28. The molecule has 1 N–H and O–H groups in total. The summed E-state index contributed by atoms with van der Waals surface area (Å²) in [6, 6.07) is 9.80. The van der Waals surface area contributed by atoms with Gasteiger partial charge in [0.1, 0.15) is 0 Å². The fourth-order valence-electron chi connectivity index (χ4n) is 2.54. The van der Waals surface area contributed by atoms with Gasteiger partial charge in [0.2, 0.25) is 0 Å². The van der Waals surface area contributed by atoms with Crippen LogP contribution >= 0.6 is 0 Å². The first-order valence-electron chi connectivity index (χ1n) is 6.94. The number of allylic oxidation sites excluding steroid dienone is 5. The first kappa shape index (κ1) is 15.0. The molecule has 21 heavy (non-hydrogen) atoms. The quantitative estimate of drug-likeness (QED) is 0.858.